The Morgan fingerprint density at radius 3 is 1.33 bits per heavy atom. The number of hydrogen-bond acceptors (Lipinski definition) is 14. The van der Waals surface area contributed by atoms with Gasteiger partial charge < -0.3 is 40.8 Å². The second-order valence-corrected chi connectivity index (χ2v) is 13.9. The Labute approximate surface area is 324 Å². The van der Waals surface area contributed by atoms with Crippen molar-refractivity contribution in [3.05, 3.63) is 116 Å². The number of aliphatic hydroxyl groups excluding tert-OH is 2. The van der Waals surface area contributed by atoms with Crippen LogP contribution in [0.3, 0.4) is 0 Å². The molecule has 0 radical (unpaired) electrons. The number of nitrogens with zero attached hydrogens (tertiary/aromatic N) is 2. The van der Waals surface area contributed by atoms with Crippen LogP contribution in [0.1, 0.15) is 12.6 Å². The van der Waals surface area contributed by atoms with Gasteiger partial charge in [-0.1, -0.05) is 72.8 Å². The van der Waals surface area contributed by atoms with Crippen LogP contribution in [-0.4, -0.2) is 93.7 Å². The van der Waals surface area contributed by atoms with Crippen LogP contribution in [0, 0.1) is 20.2 Å². The fraction of sp³-hybridized carbons (Fsp3) is 0.316. The van der Waals surface area contributed by atoms with Crippen molar-refractivity contribution in [2.75, 3.05) is 26.4 Å². The van der Waals surface area contributed by atoms with Crippen LogP contribution in [0.4, 0.5) is 0 Å². The zero-order valence-electron chi connectivity index (χ0n) is 30.1. The molecule has 4 fully saturated rings. The predicted octanol–water partition coefficient (Wildman–Crippen LogP) is 0.277. The van der Waals surface area contributed by atoms with Gasteiger partial charge in [0.2, 0.25) is 0 Å². The summed E-state index contributed by atoms with van der Waals surface area (Å²) in [6, 6.07) is 23.5. The van der Waals surface area contributed by atoms with Crippen molar-refractivity contribution in [1.29, 1.82) is 0 Å². The Bertz CT molecular complexity index is 2150. The maximum absolute atomic E-state index is 11.9. The normalized spacial score (nSPS) is 29.5. The van der Waals surface area contributed by atoms with Gasteiger partial charge in [0, 0.05) is 11.1 Å². The van der Waals surface area contributed by atoms with Crippen LogP contribution in [0.2, 0.25) is 0 Å². The van der Waals surface area contributed by atoms with Gasteiger partial charge in [0.05, 0.1) is 26.4 Å². The molecule has 17 heteroatoms. The first-order valence-electron chi connectivity index (χ1n) is 17.1. The van der Waals surface area contributed by atoms with Crippen LogP contribution >= 0.6 is 0 Å². The SMILES string of the molecule is O=[N+]([O-])Oc1cc([C@@]2(O)CO[C@@H]3[C@H](O)CO[C@@H]32)ccc1-c1c2ccccc2c(-c2ccc([C@@]3(O)CO[C@@H]4[C@H](O)CO[C@@H]43)cc2O[N+](=O)[O-])c2ccccc12.[H-].[Li+]. The third kappa shape index (κ3) is 5.85. The molecule has 5 aromatic carbocycles. The minimum absolute atomic E-state index is 0. The molecule has 5 aromatic rings. The summed E-state index contributed by atoms with van der Waals surface area (Å²) < 4.78 is 22.7. The molecule has 9 rings (SSSR count). The van der Waals surface area contributed by atoms with Crippen molar-refractivity contribution >= 4 is 21.5 Å². The zero-order chi connectivity index (χ0) is 37.5. The molecule has 4 aliphatic rings. The van der Waals surface area contributed by atoms with Crippen LogP contribution in [0.15, 0.2) is 84.9 Å². The van der Waals surface area contributed by atoms with Crippen molar-refractivity contribution < 1.29 is 79.5 Å². The molecule has 4 N–H and O–H groups in total. The van der Waals surface area contributed by atoms with Crippen molar-refractivity contribution in [2.45, 2.75) is 47.8 Å². The van der Waals surface area contributed by atoms with E-state index in [2.05, 4.69) is 0 Å². The van der Waals surface area contributed by atoms with E-state index in [-0.39, 0.29) is 69.3 Å². The van der Waals surface area contributed by atoms with Gasteiger partial charge in [-0.3, -0.25) is 9.68 Å². The summed E-state index contributed by atoms with van der Waals surface area (Å²) in [5.41, 5.74) is -1.28. The van der Waals surface area contributed by atoms with Crippen LogP contribution < -0.4 is 28.5 Å². The molecular weight excluding hydrogens is 715 g/mol. The van der Waals surface area contributed by atoms with E-state index in [0.29, 0.717) is 43.8 Å². The van der Waals surface area contributed by atoms with Gasteiger partial charge in [-0.05, 0) is 55.9 Å². The zero-order valence-corrected chi connectivity index (χ0v) is 29.1. The van der Waals surface area contributed by atoms with Gasteiger partial charge in [-0.15, -0.1) is 20.2 Å². The Balaban J connectivity index is 0.00000240. The van der Waals surface area contributed by atoms with E-state index in [1.807, 2.05) is 24.3 Å². The van der Waals surface area contributed by atoms with Gasteiger partial charge in [0.15, 0.2) is 0 Å². The molecular formula is C38H33LiN2O14. The standard InChI is InChI=1S/C38H32N2O14.Li.H/c41-27-15-49-35-33(27)51-17-37(35,43)19-9-11-25(29(13-19)53-39(45)46)31-21-5-1-2-6-22(21)32(24-8-4-3-7-23(24)31)26-12-10-20(14-30(26)54-40(47)48)38(44)18-52-34-28(42)16-50-36(34)38;;/h1-14,27-28,33-36,41-44H,15-18H2;;/q;+1;-1/t27-,28-,33-,34-,35+,36+,37+,38+;;/m1../s1. The number of hydrogen-bond donors (Lipinski definition) is 4. The first kappa shape index (κ1) is 37.2. The minimum atomic E-state index is -1.73. The Hall–Kier alpha value is -4.70. The predicted molar refractivity (Wildman–Crippen MR) is 187 cm³/mol. The van der Waals surface area contributed by atoms with E-state index >= 15 is 0 Å². The Morgan fingerprint density at radius 2 is 0.982 bits per heavy atom. The topological polar surface area (TPSA) is 223 Å². The van der Waals surface area contributed by atoms with E-state index in [0.717, 1.165) is 0 Å². The van der Waals surface area contributed by atoms with E-state index in [9.17, 15) is 40.7 Å². The van der Waals surface area contributed by atoms with Crippen molar-refractivity contribution in [2.24, 2.45) is 0 Å². The smallest absolute Gasteiger partial charge is 1.00 e. The number of aliphatic hydroxyl groups is 4. The molecule has 16 nitrogen and oxygen atoms in total. The summed E-state index contributed by atoms with van der Waals surface area (Å²) in [5, 5.41) is 68.4. The third-order valence-electron chi connectivity index (χ3n) is 11.0. The molecule has 0 amide bonds. The summed E-state index contributed by atoms with van der Waals surface area (Å²) >= 11 is 0. The molecule has 8 atom stereocenters. The molecule has 0 saturated carbocycles. The van der Waals surface area contributed by atoms with E-state index in [4.69, 9.17) is 28.6 Å². The quantitative estimate of drug-likeness (QED) is 0.0725. The molecule has 0 bridgehead atoms. The molecule has 4 saturated heterocycles. The number of fused-ring (bicyclic) bond motifs is 4. The average Bonchev–Trinajstić information content (AvgIpc) is 3.91. The molecule has 0 unspecified atom stereocenters. The second-order valence-electron chi connectivity index (χ2n) is 13.9. The molecule has 0 aliphatic carbocycles. The fourth-order valence-corrected chi connectivity index (χ4v) is 8.53. The van der Waals surface area contributed by atoms with Gasteiger partial charge in [-0.2, -0.15) is 0 Å². The van der Waals surface area contributed by atoms with Gasteiger partial charge >= 0.3 is 18.9 Å². The van der Waals surface area contributed by atoms with E-state index in [1.165, 1.54) is 12.1 Å². The molecule has 0 spiro atoms. The molecule has 55 heavy (non-hydrogen) atoms. The number of benzene rings is 5. The van der Waals surface area contributed by atoms with Crippen LogP contribution in [-0.2, 0) is 30.1 Å². The Kier molecular flexibility index (Phi) is 9.34. The molecule has 4 aliphatic heterocycles. The summed E-state index contributed by atoms with van der Waals surface area (Å²) in [6.45, 7) is -0.509. The maximum Gasteiger partial charge on any atom is 1.00 e. The fourth-order valence-electron chi connectivity index (χ4n) is 8.53. The van der Waals surface area contributed by atoms with E-state index in [1.54, 1.807) is 48.5 Å². The second kappa shape index (κ2) is 13.8. The van der Waals surface area contributed by atoms with Gasteiger partial charge in [0.25, 0.3) is 10.2 Å². The molecule has 4 heterocycles. The maximum atomic E-state index is 11.9. The van der Waals surface area contributed by atoms with Gasteiger partial charge in [-0.25, -0.2) is 0 Å². The van der Waals surface area contributed by atoms with E-state index < -0.39 is 58.0 Å². The largest absolute Gasteiger partial charge is 1.00 e. The minimum Gasteiger partial charge on any atom is -1.00 e. The Morgan fingerprint density at radius 1 is 0.618 bits per heavy atom. The summed E-state index contributed by atoms with van der Waals surface area (Å²) in [4.78, 5) is 34.2. The van der Waals surface area contributed by atoms with Crippen LogP contribution in [0.5, 0.6) is 11.5 Å². The summed E-state index contributed by atoms with van der Waals surface area (Å²) in [5.74, 6) is -0.357. The van der Waals surface area contributed by atoms with Crippen molar-refractivity contribution in [1.82, 2.24) is 0 Å². The summed E-state index contributed by atoms with van der Waals surface area (Å²) in [7, 11) is 0. The first-order valence-corrected chi connectivity index (χ1v) is 17.1. The molecule has 0 aromatic heterocycles. The van der Waals surface area contributed by atoms with Crippen LogP contribution in [0.25, 0.3) is 43.8 Å². The van der Waals surface area contributed by atoms with Gasteiger partial charge in [0.1, 0.15) is 59.3 Å². The first-order chi connectivity index (χ1) is 26.0. The van der Waals surface area contributed by atoms with Crippen molar-refractivity contribution in [3.63, 3.8) is 0 Å². The monoisotopic (exact) mass is 748 g/mol. The number of ether oxygens (including phenoxy) is 4. The van der Waals surface area contributed by atoms with Crippen molar-refractivity contribution in [3.8, 4) is 33.8 Å². The summed E-state index contributed by atoms with van der Waals surface area (Å²) in [6.07, 6.45) is -5.25. The number of rotatable bonds is 8. The molecule has 280 valence electrons. The average molecular weight is 749 g/mol. The third-order valence-corrected chi connectivity index (χ3v) is 11.0.